The van der Waals surface area contributed by atoms with Crippen LogP contribution in [0.5, 0.6) is 0 Å². The maximum absolute atomic E-state index is 14.9. The van der Waals surface area contributed by atoms with E-state index in [2.05, 4.69) is 37.8 Å². The number of aliphatic hydroxyl groups excluding tert-OH is 1. The van der Waals surface area contributed by atoms with Gasteiger partial charge in [-0.2, -0.15) is 0 Å². The summed E-state index contributed by atoms with van der Waals surface area (Å²) in [6, 6.07) is 14.8. The Morgan fingerprint density at radius 2 is 1.62 bits per heavy atom. The van der Waals surface area contributed by atoms with E-state index in [9.17, 15) is 9.18 Å². The Kier molecular flexibility index (Phi) is 10.3. The number of ether oxygens (including phenoxy) is 1. The highest BCUT2D eigenvalue weighted by atomic mass is 19.1. The van der Waals surface area contributed by atoms with E-state index < -0.39 is 12.6 Å². The molecule has 1 aliphatic carbocycles. The molecule has 0 heterocycles. The lowest BCUT2D eigenvalue weighted by atomic mass is 9.76. The van der Waals surface area contributed by atoms with Gasteiger partial charge in [0.15, 0.2) is 0 Å². The Morgan fingerprint density at radius 1 is 0.971 bits per heavy atom. The lowest BCUT2D eigenvalue weighted by Crippen LogP contribution is -2.13. The second-order valence-electron chi connectivity index (χ2n) is 9.60. The first kappa shape index (κ1) is 26.2. The average molecular weight is 467 g/mol. The van der Waals surface area contributed by atoms with Gasteiger partial charge in [-0.25, -0.2) is 9.18 Å². The molecule has 0 radical (unpaired) electrons. The molecule has 1 aliphatic rings. The maximum Gasteiger partial charge on any atom is 0.335 e. The Morgan fingerprint density at radius 3 is 2.26 bits per heavy atom. The van der Waals surface area contributed by atoms with Crippen molar-refractivity contribution in [2.24, 2.45) is 0 Å². The largest absolute Gasteiger partial charge is 0.462 e. The van der Waals surface area contributed by atoms with Gasteiger partial charge >= 0.3 is 5.97 Å². The Labute approximate surface area is 204 Å². The summed E-state index contributed by atoms with van der Waals surface area (Å²) in [7, 11) is 0. The van der Waals surface area contributed by atoms with Crippen molar-refractivity contribution >= 4 is 5.97 Å². The van der Waals surface area contributed by atoms with Crippen LogP contribution in [-0.2, 0) is 22.4 Å². The van der Waals surface area contributed by atoms with Crippen LogP contribution < -0.4 is 0 Å². The van der Waals surface area contributed by atoms with Crippen molar-refractivity contribution in [2.45, 2.75) is 83.0 Å². The summed E-state index contributed by atoms with van der Waals surface area (Å²) in [6.07, 6.45) is 10.5. The summed E-state index contributed by atoms with van der Waals surface area (Å²) in [5, 5.41) is 8.88. The highest BCUT2D eigenvalue weighted by Crippen LogP contribution is 2.41. The molecular formula is C30H39FO3. The molecule has 184 valence electrons. The molecule has 0 unspecified atom stereocenters. The van der Waals surface area contributed by atoms with E-state index in [-0.39, 0.29) is 23.9 Å². The number of aliphatic hydroxyl groups is 1. The summed E-state index contributed by atoms with van der Waals surface area (Å²) >= 11 is 0. The van der Waals surface area contributed by atoms with E-state index in [0.717, 1.165) is 36.8 Å². The van der Waals surface area contributed by atoms with Crippen molar-refractivity contribution < 1.29 is 19.0 Å². The number of esters is 1. The minimum Gasteiger partial charge on any atom is -0.462 e. The first-order valence-corrected chi connectivity index (χ1v) is 12.8. The fourth-order valence-electron chi connectivity index (χ4n) is 4.94. The van der Waals surface area contributed by atoms with Crippen molar-refractivity contribution in [3.63, 3.8) is 0 Å². The zero-order valence-corrected chi connectivity index (χ0v) is 20.5. The van der Waals surface area contributed by atoms with Gasteiger partial charge in [-0.1, -0.05) is 62.7 Å². The molecule has 2 aromatic carbocycles. The van der Waals surface area contributed by atoms with Gasteiger partial charge in [-0.3, -0.25) is 0 Å². The molecular weight excluding hydrogens is 427 g/mol. The third-order valence-corrected chi connectivity index (χ3v) is 7.07. The minimum atomic E-state index is -0.581. The fourth-order valence-corrected chi connectivity index (χ4v) is 4.94. The van der Waals surface area contributed by atoms with Crippen LogP contribution in [0.3, 0.4) is 0 Å². The number of carbonyl (C=O) groups is 1. The predicted molar refractivity (Wildman–Crippen MR) is 136 cm³/mol. The van der Waals surface area contributed by atoms with Gasteiger partial charge in [-0.05, 0) is 91.5 Å². The van der Waals surface area contributed by atoms with E-state index in [1.807, 2.05) is 12.1 Å². The molecule has 3 nitrogen and oxygen atoms in total. The maximum atomic E-state index is 14.9. The Balaban J connectivity index is 1.46. The zero-order chi connectivity index (χ0) is 24.3. The molecule has 0 aliphatic heterocycles. The van der Waals surface area contributed by atoms with E-state index in [0.29, 0.717) is 18.8 Å². The van der Waals surface area contributed by atoms with Crippen LogP contribution in [-0.4, -0.2) is 24.3 Å². The molecule has 0 aromatic heterocycles. The van der Waals surface area contributed by atoms with Crippen molar-refractivity contribution in [1.82, 2.24) is 0 Å². The number of carbonyl (C=O) groups excluding carboxylic acids is 1. The van der Waals surface area contributed by atoms with Crippen LogP contribution in [0, 0.1) is 5.82 Å². The van der Waals surface area contributed by atoms with Crippen LogP contribution >= 0.6 is 0 Å². The number of rotatable bonds is 12. The first-order valence-electron chi connectivity index (χ1n) is 12.8. The number of halogens is 1. The normalized spacial score (nSPS) is 18.0. The van der Waals surface area contributed by atoms with Gasteiger partial charge in [0.1, 0.15) is 5.82 Å². The van der Waals surface area contributed by atoms with Gasteiger partial charge in [0.25, 0.3) is 0 Å². The monoisotopic (exact) mass is 466 g/mol. The number of hydrogen-bond donors (Lipinski definition) is 1. The molecule has 3 rings (SSSR count). The van der Waals surface area contributed by atoms with Crippen molar-refractivity contribution in [1.29, 1.82) is 0 Å². The summed E-state index contributed by atoms with van der Waals surface area (Å²) in [6.45, 7) is 5.50. The lowest BCUT2D eigenvalue weighted by molar-refractivity contribution is -0.139. The second-order valence-corrected chi connectivity index (χ2v) is 9.60. The van der Waals surface area contributed by atoms with E-state index in [1.165, 1.54) is 36.8 Å². The van der Waals surface area contributed by atoms with Gasteiger partial charge in [-0.15, -0.1) is 0 Å². The van der Waals surface area contributed by atoms with Gasteiger partial charge in [0.2, 0.25) is 0 Å². The van der Waals surface area contributed by atoms with Crippen LogP contribution in [0.1, 0.15) is 92.4 Å². The summed E-state index contributed by atoms with van der Waals surface area (Å²) in [4.78, 5) is 11.5. The zero-order valence-electron chi connectivity index (χ0n) is 20.5. The van der Waals surface area contributed by atoms with Crippen LogP contribution in [0.2, 0.25) is 0 Å². The lowest BCUT2D eigenvalue weighted by Gasteiger charge is -2.29. The Hall–Kier alpha value is -2.46. The van der Waals surface area contributed by atoms with Gasteiger partial charge < -0.3 is 9.84 Å². The van der Waals surface area contributed by atoms with Crippen molar-refractivity contribution in [3.05, 3.63) is 82.7 Å². The highest BCUT2D eigenvalue weighted by Gasteiger charge is 2.25. The van der Waals surface area contributed by atoms with Gasteiger partial charge in [0, 0.05) is 0 Å². The summed E-state index contributed by atoms with van der Waals surface area (Å²) < 4.78 is 19.9. The summed E-state index contributed by atoms with van der Waals surface area (Å²) in [5.41, 5.74) is 4.65. The van der Waals surface area contributed by atoms with E-state index in [4.69, 9.17) is 9.84 Å². The van der Waals surface area contributed by atoms with Crippen molar-refractivity contribution in [2.75, 3.05) is 13.2 Å². The molecule has 0 saturated heterocycles. The predicted octanol–water partition coefficient (Wildman–Crippen LogP) is 7.02. The molecule has 0 bridgehead atoms. The molecule has 0 amide bonds. The average Bonchev–Trinajstić information content (AvgIpc) is 2.87. The standard InChI is InChI=1S/C30H39FO3/c1-3-4-5-7-23-9-12-25(13-10-23)26-14-16-27(17-15-26)28-18-11-24(20-29(28)31)8-6-19-34-30(33)22(2)21-32/h9-13,18,20,26-27,32H,2-8,14-17,19,21H2,1H3. The SMILES string of the molecule is C=C(CO)C(=O)OCCCc1ccc(C2CCC(c3ccc(CCCCC)cc3)CC2)c(F)c1. The third-order valence-electron chi connectivity index (χ3n) is 7.07. The van der Waals surface area contributed by atoms with E-state index >= 15 is 0 Å². The fraction of sp³-hybridized carbons (Fsp3) is 0.500. The molecule has 4 heteroatoms. The number of benzene rings is 2. The van der Waals surface area contributed by atoms with Crippen LogP contribution in [0.4, 0.5) is 4.39 Å². The van der Waals surface area contributed by atoms with Crippen LogP contribution in [0.25, 0.3) is 0 Å². The summed E-state index contributed by atoms with van der Waals surface area (Å²) in [5.74, 6) is 0.155. The van der Waals surface area contributed by atoms with Crippen LogP contribution in [0.15, 0.2) is 54.6 Å². The topological polar surface area (TPSA) is 46.5 Å². The molecule has 1 fully saturated rings. The second kappa shape index (κ2) is 13.4. The molecule has 1 saturated carbocycles. The molecule has 0 atom stereocenters. The quantitative estimate of drug-likeness (QED) is 0.208. The molecule has 34 heavy (non-hydrogen) atoms. The number of hydrogen-bond acceptors (Lipinski definition) is 3. The Bertz CT molecular complexity index is 927. The minimum absolute atomic E-state index is 0.0459. The molecule has 0 spiro atoms. The molecule has 2 aromatic rings. The number of unbranched alkanes of at least 4 members (excludes halogenated alkanes) is 2. The van der Waals surface area contributed by atoms with E-state index in [1.54, 1.807) is 6.07 Å². The molecule has 1 N–H and O–H groups in total. The number of aryl methyl sites for hydroxylation is 2. The van der Waals surface area contributed by atoms with Crippen molar-refractivity contribution in [3.8, 4) is 0 Å². The smallest absolute Gasteiger partial charge is 0.335 e. The van der Waals surface area contributed by atoms with Gasteiger partial charge in [0.05, 0.1) is 18.8 Å². The first-order chi connectivity index (χ1) is 16.5. The third kappa shape index (κ3) is 7.53. The highest BCUT2D eigenvalue weighted by molar-refractivity contribution is 5.87.